The second-order valence-corrected chi connectivity index (χ2v) is 9.42. The number of aromatic nitrogens is 3. The Morgan fingerprint density at radius 1 is 1.07 bits per heavy atom. The number of nitrogens with zero attached hydrogens (tertiary/aromatic N) is 5. The highest BCUT2D eigenvalue weighted by Crippen LogP contribution is 2.31. The molecule has 2 amide bonds. The molecule has 2 fully saturated rings. The first-order valence-electron chi connectivity index (χ1n) is 10.8. The van der Waals surface area contributed by atoms with Crippen LogP contribution < -0.4 is 0 Å². The second-order valence-electron chi connectivity index (χ2n) is 8.36. The monoisotopic (exact) mass is 427 g/mol. The lowest BCUT2D eigenvalue weighted by molar-refractivity contribution is -0.132. The molecule has 0 aliphatic carbocycles. The molecule has 2 aromatic rings. The molecule has 8 heteroatoms. The Balaban J connectivity index is 1.36. The summed E-state index contributed by atoms with van der Waals surface area (Å²) < 4.78 is 0. The smallest absolute Gasteiger partial charge is 0.274 e. The Bertz CT molecular complexity index is 889. The van der Waals surface area contributed by atoms with Crippen LogP contribution in [0.25, 0.3) is 0 Å². The van der Waals surface area contributed by atoms with Crippen molar-refractivity contribution in [1.82, 2.24) is 24.8 Å². The van der Waals surface area contributed by atoms with Gasteiger partial charge in [0.1, 0.15) is 5.69 Å². The molecule has 0 spiro atoms. The third-order valence-electron chi connectivity index (χ3n) is 6.25. The molecule has 4 rings (SSSR count). The molecule has 30 heavy (non-hydrogen) atoms. The van der Waals surface area contributed by atoms with Crippen molar-refractivity contribution < 1.29 is 9.59 Å². The average Bonchev–Trinajstić information content (AvgIpc) is 3.18. The number of hydrogen-bond acceptors (Lipinski definition) is 6. The zero-order chi connectivity index (χ0) is 21.1. The maximum Gasteiger partial charge on any atom is 0.274 e. The van der Waals surface area contributed by atoms with Crippen LogP contribution >= 0.6 is 11.3 Å². The minimum absolute atomic E-state index is 0.00962. The van der Waals surface area contributed by atoms with E-state index in [1.54, 1.807) is 23.7 Å². The van der Waals surface area contributed by atoms with Crippen LogP contribution in [0, 0.1) is 19.8 Å². The predicted octanol–water partition coefficient (Wildman–Crippen LogP) is 3.03. The van der Waals surface area contributed by atoms with Crippen LogP contribution in [0.2, 0.25) is 0 Å². The molecule has 0 radical (unpaired) electrons. The quantitative estimate of drug-likeness (QED) is 0.749. The summed E-state index contributed by atoms with van der Waals surface area (Å²) in [5.74, 6) is 0.577. The maximum atomic E-state index is 13.1. The van der Waals surface area contributed by atoms with E-state index in [1.165, 1.54) is 0 Å². The SMILES string of the molecule is Cc1cnc(C(=O)N2CCCCC2C2CCN(C(=O)Cc3csc(C)n3)CC2)cn1. The van der Waals surface area contributed by atoms with Crippen LogP contribution in [0.15, 0.2) is 17.8 Å². The van der Waals surface area contributed by atoms with Gasteiger partial charge >= 0.3 is 0 Å². The first-order valence-corrected chi connectivity index (χ1v) is 11.7. The normalized spacial score (nSPS) is 20.4. The van der Waals surface area contributed by atoms with Crippen molar-refractivity contribution in [2.75, 3.05) is 19.6 Å². The van der Waals surface area contributed by atoms with Gasteiger partial charge in [-0.1, -0.05) is 0 Å². The van der Waals surface area contributed by atoms with E-state index in [4.69, 9.17) is 0 Å². The number of likely N-dealkylation sites (tertiary alicyclic amines) is 2. The van der Waals surface area contributed by atoms with E-state index in [9.17, 15) is 9.59 Å². The van der Waals surface area contributed by atoms with Crippen LogP contribution in [0.1, 0.15) is 59.0 Å². The summed E-state index contributed by atoms with van der Waals surface area (Å²) in [4.78, 5) is 42.7. The minimum atomic E-state index is -0.00962. The Hall–Kier alpha value is -2.35. The van der Waals surface area contributed by atoms with Crippen molar-refractivity contribution in [2.45, 2.75) is 58.4 Å². The predicted molar refractivity (Wildman–Crippen MR) is 115 cm³/mol. The van der Waals surface area contributed by atoms with Gasteiger partial charge in [-0.05, 0) is 51.9 Å². The first kappa shape index (κ1) is 20.9. The number of carbonyl (C=O) groups excluding carboxylic acids is 2. The summed E-state index contributed by atoms with van der Waals surface area (Å²) in [5.41, 5.74) is 2.11. The number of amides is 2. The van der Waals surface area contributed by atoms with E-state index in [2.05, 4.69) is 15.0 Å². The molecule has 2 aromatic heterocycles. The number of hydrogen-bond donors (Lipinski definition) is 0. The summed E-state index contributed by atoms with van der Waals surface area (Å²) in [5, 5.41) is 2.97. The summed E-state index contributed by atoms with van der Waals surface area (Å²) in [7, 11) is 0. The molecule has 0 saturated carbocycles. The zero-order valence-electron chi connectivity index (χ0n) is 17.7. The number of carbonyl (C=O) groups is 2. The molecule has 0 bridgehead atoms. The van der Waals surface area contributed by atoms with E-state index in [1.807, 2.05) is 29.0 Å². The van der Waals surface area contributed by atoms with Crippen molar-refractivity contribution >= 4 is 23.2 Å². The summed E-state index contributed by atoms with van der Waals surface area (Å²) in [6.07, 6.45) is 8.72. The Labute approximate surface area is 181 Å². The fraction of sp³-hybridized carbons (Fsp3) is 0.591. The third-order valence-corrected chi connectivity index (χ3v) is 7.07. The molecule has 4 heterocycles. The van der Waals surface area contributed by atoms with Crippen molar-refractivity contribution in [3.63, 3.8) is 0 Å². The Morgan fingerprint density at radius 3 is 2.53 bits per heavy atom. The van der Waals surface area contributed by atoms with Crippen molar-refractivity contribution in [3.8, 4) is 0 Å². The summed E-state index contributed by atoms with van der Waals surface area (Å²) >= 11 is 1.59. The highest BCUT2D eigenvalue weighted by Gasteiger charge is 2.36. The summed E-state index contributed by atoms with van der Waals surface area (Å²) in [6, 6.07) is 0.229. The molecule has 0 N–H and O–H groups in total. The van der Waals surface area contributed by atoms with Crippen LogP contribution in [-0.4, -0.2) is 62.2 Å². The molecule has 1 unspecified atom stereocenters. The topological polar surface area (TPSA) is 79.3 Å². The lowest BCUT2D eigenvalue weighted by Gasteiger charge is -2.43. The van der Waals surface area contributed by atoms with E-state index in [-0.39, 0.29) is 17.9 Å². The van der Waals surface area contributed by atoms with Gasteiger partial charge in [0.25, 0.3) is 5.91 Å². The highest BCUT2D eigenvalue weighted by molar-refractivity contribution is 7.09. The van der Waals surface area contributed by atoms with E-state index < -0.39 is 0 Å². The van der Waals surface area contributed by atoms with Gasteiger partial charge in [-0.15, -0.1) is 11.3 Å². The number of rotatable bonds is 4. The van der Waals surface area contributed by atoms with Crippen LogP contribution in [0.5, 0.6) is 0 Å². The van der Waals surface area contributed by atoms with Gasteiger partial charge in [0.05, 0.1) is 29.0 Å². The van der Waals surface area contributed by atoms with Crippen LogP contribution in [0.4, 0.5) is 0 Å². The fourth-order valence-electron chi connectivity index (χ4n) is 4.64. The molecule has 160 valence electrons. The number of aryl methyl sites for hydroxylation is 2. The minimum Gasteiger partial charge on any atom is -0.342 e. The molecule has 2 aliphatic heterocycles. The van der Waals surface area contributed by atoms with Gasteiger partial charge < -0.3 is 9.80 Å². The van der Waals surface area contributed by atoms with Crippen molar-refractivity contribution in [2.24, 2.45) is 5.92 Å². The maximum absolute atomic E-state index is 13.1. The molecule has 2 saturated heterocycles. The van der Waals surface area contributed by atoms with Crippen LogP contribution in [-0.2, 0) is 11.2 Å². The molecule has 0 aromatic carbocycles. The second kappa shape index (κ2) is 9.20. The van der Waals surface area contributed by atoms with E-state index in [0.29, 0.717) is 18.0 Å². The number of thiazole rings is 1. The van der Waals surface area contributed by atoms with E-state index >= 15 is 0 Å². The summed E-state index contributed by atoms with van der Waals surface area (Å²) in [6.45, 7) is 6.13. The number of piperidine rings is 2. The van der Waals surface area contributed by atoms with E-state index in [0.717, 1.165) is 68.1 Å². The lowest BCUT2D eigenvalue weighted by atomic mass is 9.83. The Kier molecular flexibility index (Phi) is 6.41. The molecule has 1 atom stereocenters. The first-order chi connectivity index (χ1) is 14.5. The lowest BCUT2D eigenvalue weighted by Crippen LogP contribution is -2.51. The van der Waals surface area contributed by atoms with Crippen molar-refractivity contribution in [1.29, 1.82) is 0 Å². The molecule has 2 aliphatic rings. The molecular weight excluding hydrogens is 398 g/mol. The van der Waals surface area contributed by atoms with Gasteiger partial charge in [0.15, 0.2) is 0 Å². The van der Waals surface area contributed by atoms with Gasteiger partial charge in [0.2, 0.25) is 5.91 Å². The average molecular weight is 428 g/mol. The standard InChI is InChI=1S/C22H29N5O2S/c1-15-12-24-19(13-23-15)22(29)27-8-4-3-5-20(27)17-6-9-26(10-7-17)21(28)11-18-14-30-16(2)25-18/h12-14,17,20H,3-11H2,1-2H3. The van der Waals surface area contributed by atoms with Gasteiger partial charge in [-0.2, -0.15) is 0 Å². The van der Waals surface area contributed by atoms with Gasteiger partial charge in [-0.3, -0.25) is 14.6 Å². The largest absolute Gasteiger partial charge is 0.342 e. The fourth-order valence-corrected chi connectivity index (χ4v) is 5.25. The van der Waals surface area contributed by atoms with Gasteiger partial charge in [0, 0.05) is 37.3 Å². The molecular formula is C22H29N5O2S. The van der Waals surface area contributed by atoms with Crippen LogP contribution in [0.3, 0.4) is 0 Å². The van der Waals surface area contributed by atoms with Gasteiger partial charge in [-0.25, -0.2) is 9.97 Å². The Morgan fingerprint density at radius 2 is 1.87 bits per heavy atom. The van der Waals surface area contributed by atoms with Crippen molar-refractivity contribution in [3.05, 3.63) is 39.9 Å². The highest BCUT2D eigenvalue weighted by atomic mass is 32.1. The molecule has 7 nitrogen and oxygen atoms in total. The zero-order valence-corrected chi connectivity index (χ0v) is 18.5. The third kappa shape index (κ3) is 4.69.